The van der Waals surface area contributed by atoms with Gasteiger partial charge in [-0.2, -0.15) is 0 Å². The molecule has 0 radical (unpaired) electrons. The minimum Gasteiger partial charge on any atom is -0.393 e. The van der Waals surface area contributed by atoms with E-state index in [1.54, 1.807) is 0 Å². The molecule has 0 saturated heterocycles. The maximum absolute atomic E-state index is 14.2. The van der Waals surface area contributed by atoms with Gasteiger partial charge in [0, 0.05) is 18.8 Å². The Morgan fingerprint density at radius 1 is 1.00 bits per heavy atom. The van der Waals surface area contributed by atoms with Gasteiger partial charge in [0.2, 0.25) is 0 Å². The van der Waals surface area contributed by atoms with Crippen LogP contribution in [0.4, 0.5) is 4.39 Å². The molecular weight excluding hydrogens is 295 g/mol. The number of carbonyl (C=O) groups is 2. The zero-order valence-corrected chi connectivity index (χ0v) is 14.1. The molecule has 8 atom stereocenters. The van der Waals surface area contributed by atoms with Gasteiger partial charge in [0.15, 0.2) is 12.0 Å². The minimum absolute atomic E-state index is 0.0791. The summed E-state index contributed by atoms with van der Waals surface area (Å²) in [6.07, 6.45) is 2.90. The highest BCUT2D eigenvalue weighted by Gasteiger charge is 2.63. The lowest BCUT2D eigenvalue weighted by molar-refractivity contribution is -0.164. The van der Waals surface area contributed by atoms with Crippen molar-refractivity contribution in [2.75, 3.05) is 0 Å². The molecule has 0 aliphatic heterocycles. The number of carbonyl (C=O) groups excluding carboxylic acids is 2. The molecular formula is C19H27FO3. The Labute approximate surface area is 137 Å². The molecule has 0 aromatic carbocycles. The Hall–Kier alpha value is -0.770. The molecule has 4 rings (SSSR count). The Balaban J connectivity index is 1.70. The van der Waals surface area contributed by atoms with Gasteiger partial charge in [-0.3, -0.25) is 9.59 Å². The first kappa shape index (κ1) is 15.7. The Bertz CT molecular complexity index is 561. The fourth-order valence-corrected chi connectivity index (χ4v) is 6.83. The van der Waals surface area contributed by atoms with Crippen LogP contribution < -0.4 is 0 Å². The lowest BCUT2D eigenvalue weighted by atomic mass is 9.45. The van der Waals surface area contributed by atoms with Crippen molar-refractivity contribution in [1.82, 2.24) is 0 Å². The fourth-order valence-electron chi connectivity index (χ4n) is 6.83. The van der Waals surface area contributed by atoms with E-state index < -0.39 is 6.17 Å². The van der Waals surface area contributed by atoms with Crippen LogP contribution in [-0.4, -0.2) is 28.9 Å². The van der Waals surface area contributed by atoms with Crippen molar-refractivity contribution in [3.05, 3.63) is 0 Å². The van der Waals surface area contributed by atoms with Gasteiger partial charge in [-0.25, -0.2) is 4.39 Å². The average Bonchev–Trinajstić information content (AvgIpc) is 2.78. The normalized spacial score (nSPS) is 56.0. The molecule has 23 heavy (non-hydrogen) atoms. The van der Waals surface area contributed by atoms with Crippen LogP contribution in [0.1, 0.15) is 58.8 Å². The third kappa shape index (κ3) is 1.96. The molecule has 1 unspecified atom stereocenters. The van der Waals surface area contributed by atoms with Crippen molar-refractivity contribution in [2.24, 2.45) is 34.5 Å². The Kier molecular flexibility index (Phi) is 3.33. The molecule has 4 heteroatoms. The van der Waals surface area contributed by atoms with Gasteiger partial charge in [-0.05, 0) is 60.7 Å². The number of halogens is 1. The first-order chi connectivity index (χ1) is 10.8. The highest BCUT2D eigenvalue weighted by atomic mass is 19.1. The van der Waals surface area contributed by atoms with Gasteiger partial charge >= 0.3 is 0 Å². The average molecular weight is 322 g/mol. The first-order valence-electron chi connectivity index (χ1n) is 9.15. The fraction of sp³-hybridized carbons (Fsp3) is 0.895. The van der Waals surface area contributed by atoms with Gasteiger partial charge < -0.3 is 5.11 Å². The third-order valence-electron chi connectivity index (χ3n) is 8.23. The van der Waals surface area contributed by atoms with Crippen LogP contribution >= 0.6 is 0 Å². The second-order valence-electron chi connectivity index (χ2n) is 9.09. The molecule has 0 amide bonds. The SMILES string of the molecule is C[C@]12CC[C@H]3[C@@H](CC(=O)C4CC(=O)[C@H](F)C[C@@]43C)[C@@H]1CC[C@@H]2O. The molecule has 128 valence electrons. The summed E-state index contributed by atoms with van der Waals surface area (Å²) in [4.78, 5) is 24.6. The molecule has 0 spiro atoms. The van der Waals surface area contributed by atoms with Crippen molar-refractivity contribution in [3.8, 4) is 0 Å². The molecule has 1 N–H and O–H groups in total. The molecule has 4 aliphatic carbocycles. The molecule has 0 bridgehead atoms. The summed E-state index contributed by atoms with van der Waals surface area (Å²) in [6, 6.07) is 0. The van der Waals surface area contributed by atoms with E-state index in [0.717, 1.165) is 25.7 Å². The van der Waals surface area contributed by atoms with Crippen LogP contribution in [0, 0.1) is 34.5 Å². The molecule has 4 saturated carbocycles. The van der Waals surface area contributed by atoms with E-state index in [1.165, 1.54) is 0 Å². The van der Waals surface area contributed by atoms with Crippen LogP contribution in [0.5, 0.6) is 0 Å². The van der Waals surface area contributed by atoms with E-state index in [-0.39, 0.29) is 53.2 Å². The van der Waals surface area contributed by atoms with E-state index >= 15 is 0 Å². The summed E-state index contributed by atoms with van der Waals surface area (Å²) in [5, 5.41) is 10.4. The number of rotatable bonds is 0. The van der Waals surface area contributed by atoms with Crippen LogP contribution in [0.3, 0.4) is 0 Å². The monoisotopic (exact) mass is 322 g/mol. The summed E-state index contributed by atoms with van der Waals surface area (Å²) < 4.78 is 14.2. The number of fused-ring (bicyclic) bond motifs is 5. The molecule has 3 nitrogen and oxygen atoms in total. The summed E-state index contributed by atoms with van der Waals surface area (Å²) in [6.45, 7) is 4.23. The van der Waals surface area contributed by atoms with Crippen LogP contribution in [0.25, 0.3) is 0 Å². The number of ketones is 2. The molecule has 0 aromatic heterocycles. The highest BCUT2D eigenvalue weighted by molar-refractivity contribution is 5.92. The summed E-state index contributed by atoms with van der Waals surface area (Å²) in [7, 11) is 0. The largest absolute Gasteiger partial charge is 0.393 e. The van der Waals surface area contributed by atoms with Crippen molar-refractivity contribution in [2.45, 2.75) is 71.1 Å². The number of Topliss-reactive ketones (excluding diaryl/α,β-unsaturated/α-hetero) is 2. The second-order valence-corrected chi connectivity index (χ2v) is 9.09. The van der Waals surface area contributed by atoms with E-state index in [4.69, 9.17) is 0 Å². The van der Waals surface area contributed by atoms with Crippen molar-refractivity contribution in [1.29, 1.82) is 0 Å². The quantitative estimate of drug-likeness (QED) is 0.745. The van der Waals surface area contributed by atoms with Gasteiger partial charge in [0.1, 0.15) is 5.78 Å². The van der Waals surface area contributed by atoms with Gasteiger partial charge in [0.25, 0.3) is 0 Å². The van der Waals surface area contributed by atoms with Gasteiger partial charge in [-0.1, -0.05) is 13.8 Å². The molecule has 4 aliphatic rings. The Morgan fingerprint density at radius 3 is 2.43 bits per heavy atom. The van der Waals surface area contributed by atoms with E-state index in [9.17, 15) is 19.1 Å². The van der Waals surface area contributed by atoms with Crippen molar-refractivity contribution < 1.29 is 19.1 Å². The third-order valence-corrected chi connectivity index (χ3v) is 8.23. The van der Waals surface area contributed by atoms with Crippen molar-refractivity contribution in [3.63, 3.8) is 0 Å². The topological polar surface area (TPSA) is 54.4 Å². The summed E-state index contributed by atoms with van der Waals surface area (Å²) >= 11 is 0. The zero-order chi connectivity index (χ0) is 16.6. The van der Waals surface area contributed by atoms with Gasteiger partial charge in [-0.15, -0.1) is 0 Å². The van der Waals surface area contributed by atoms with Gasteiger partial charge in [0.05, 0.1) is 6.10 Å². The smallest absolute Gasteiger partial charge is 0.167 e. The number of aliphatic hydroxyl groups excluding tert-OH is 1. The lowest BCUT2D eigenvalue weighted by Crippen LogP contribution is -2.58. The number of aliphatic hydroxyl groups is 1. The van der Waals surface area contributed by atoms with E-state index in [2.05, 4.69) is 13.8 Å². The summed E-state index contributed by atoms with van der Waals surface area (Å²) in [5.41, 5.74) is -0.452. The number of hydrogen-bond acceptors (Lipinski definition) is 3. The number of hydrogen-bond donors (Lipinski definition) is 1. The zero-order valence-electron chi connectivity index (χ0n) is 14.1. The maximum atomic E-state index is 14.2. The molecule has 0 aromatic rings. The molecule has 0 heterocycles. The predicted octanol–water partition coefficient (Wildman–Crippen LogP) is 3.09. The van der Waals surface area contributed by atoms with Crippen molar-refractivity contribution >= 4 is 11.6 Å². The van der Waals surface area contributed by atoms with Crippen LogP contribution in [-0.2, 0) is 9.59 Å². The van der Waals surface area contributed by atoms with E-state index in [1.807, 2.05) is 0 Å². The van der Waals surface area contributed by atoms with Crippen LogP contribution in [0.2, 0.25) is 0 Å². The highest BCUT2D eigenvalue weighted by Crippen LogP contribution is 2.65. The second kappa shape index (κ2) is 4.87. The Morgan fingerprint density at radius 2 is 1.70 bits per heavy atom. The maximum Gasteiger partial charge on any atom is 0.167 e. The lowest BCUT2D eigenvalue weighted by Gasteiger charge is -2.59. The summed E-state index contributed by atoms with van der Waals surface area (Å²) in [5.74, 6) is 0.462. The van der Waals surface area contributed by atoms with E-state index in [0.29, 0.717) is 18.3 Å². The number of alkyl halides is 1. The predicted molar refractivity (Wildman–Crippen MR) is 83.4 cm³/mol. The standard InChI is InChI=1S/C19H27FO3/c1-18-6-5-12-10(11(18)3-4-17(18)23)7-15(21)13-8-16(22)14(20)9-19(12,13)2/h10-14,17,23H,3-9H2,1-2H3/t10-,11-,12-,13?,14+,17-,18-,19+/m0/s1. The first-order valence-corrected chi connectivity index (χ1v) is 9.15. The molecule has 4 fully saturated rings. The minimum atomic E-state index is -1.40. The van der Waals surface area contributed by atoms with Crippen LogP contribution in [0.15, 0.2) is 0 Å².